The summed E-state index contributed by atoms with van der Waals surface area (Å²) in [5.41, 5.74) is -1.04. The number of carboxylic acid groups (broad SMARTS) is 1. The van der Waals surface area contributed by atoms with Gasteiger partial charge in [0.2, 0.25) is 10.0 Å². The van der Waals surface area contributed by atoms with Crippen LogP contribution in [0.1, 0.15) is 13.8 Å². The lowest BCUT2D eigenvalue weighted by atomic mass is 9.94. The van der Waals surface area contributed by atoms with Crippen LogP contribution in [0.4, 0.5) is 4.79 Å². The van der Waals surface area contributed by atoms with Gasteiger partial charge in [-0.3, -0.25) is 4.79 Å². The van der Waals surface area contributed by atoms with E-state index in [4.69, 9.17) is 5.11 Å². The SMILES string of the molecule is CC(C)(CNC(=O)N1CCN(S(C)(=O)=O)CC1)C(=O)O. The van der Waals surface area contributed by atoms with Crippen molar-refractivity contribution >= 4 is 22.0 Å². The molecule has 0 aromatic carbocycles. The molecule has 0 atom stereocenters. The van der Waals surface area contributed by atoms with Crippen molar-refractivity contribution in [2.75, 3.05) is 39.0 Å². The number of sulfonamides is 1. The fourth-order valence-electron chi connectivity index (χ4n) is 1.71. The average Bonchev–Trinajstić information content (AvgIpc) is 2.35. The summed E-state index contributed by atoms with van der Waals surface area (Å²) in [5.74, 6) is -0.986. The molecule has 0 saturated carbocycles. The fourth-order valence-corrected chi connectivity index (χ4v) is 2.53. The minimum absolute atomic E-state index is 0.0213. The first kappa shape index (κ1) is 16.7. The van der Waals surface area contributed by atoms with Gasteiger partial charge in [-0.25, -0.2) is 13.2 Å². The number of nitrogens with one attached hydrogen (secondary N) is 1. The van der Waals surface area contributed by atoms with E-state index in [1.165, 1.54) is 23.1 Å². The van der Waals surface area contributed by atoms with Gasteiger partial charge in [-0.2, -0.15) is 4.31 Å². The summed E-state index contributed by atoms with van der Waals surface area (Å²) >= 11 is 0. The molecule has 1 aliphatic heterocycles. The molecule has 9 heteroatoms. The number of piperazine rings is 1. The van der Waals surface area contributed by atoms with Crippen LogP contribution in [-0.2, 0) is 14.8 Å². The molecular weight excluding hydrogens is 286 g/mol. The third-order valence-corrected chi connectivity index (χ3v) is 4.56. The third kappa shape index (κ3) is 4.34. The number of carbonyl (C=O) groups is 2. The Kier molecular flexibility index (Phi) is 4.98. The lowest BCUT2D eigenvalue weighted by Crippen LogP contribution is -2.54. The van der Waals surface area contributed by atoms with Crippen molar-refractivity contribution < 1.29 is 23.1 Å². The first-order valence-corrected chi connectivity index (χ1v) is 8.10. The van der Waals surface area contributed by atoms with Crippen molar-refractivity contribution in [1.29, 1.82) is 0 Å². The van der Waals surface area contributed by atoms with Crippen molar-refractivity contribution in [3.8, 4) is 0 Å². The molecule has 1 fully saturated rings. The van der Waals surface area contributed by atoms with Crippen LogP contribution in [0, 0.1) is 5.41 Å². The second kappa shape index (κ2) is 5.96. The van der Waals surface area contributed by atoms with Gasteiger partial charge in [0.05, 0.1) is 11.7 Å². The van der Waals surface area contributed by atoms with Crippen molar-refractivity contribution in [3.05, 3.63) is 0 Å². The minimum atomic E-state index is -3.22. The normalized spacial score (nSPS) is 17.9. The van der Waals surface area contributed by atoms with Crippen LogP contribution in [0.5, 0.6) is 0 Å². The van der Waals surface area contributed by atoms with Gasteiger partial charge in [-0.05, 0) is 13.8 Å². The first-order valence-electron chi connectivity index (χ1n) is 6.25. The molecule has 1 rings (SSSR count). The quantitative estimate of drug-likeness (QED) is 0.720. The predicted octanol–water partition coefficient (Wildman–Crippen LogP) is -0.616. The van der Waals surface area contributed by atoms with E-state index in [0.717, 1.165) is 6.26 Å². The molecule has 0 unspecified atom stereocenters. The Hall–Kier alpha value is -1.35. The monoisotopic (exact) mass is 307 g/mol. The number of urea groups is 1. The average molecular weight is 307 g/mol. The van der Waals surface area contributed by atoms with Crippen LogP contribution in [0.25, 0.3) is 0 Å². The summed E-state index contributed by atoms with van der Waals surface area (Å²) in [7, 11) is -3.22. The highest BCUT2D eigenvalue weighted by atomic mass is 32.2. The Bertz CT molecular complexity index is 480. The number of hydrogen-bond acceptors (Lipinski definition) is 4. The second-order valence-corrected chi connectivity index (χ2v) is 7.48. The lowest BCUT2D eigenvalue weighted by molar-refractivity contribution is -0.146. The Morgan fingerprint density at radius 3 is 2.10 bits per heavy atom. The number of nitrogens with zero attached hydrogens (tertiary/aromatic N) is 2. The van der Waals surface area contributed by atoms with Gasteiger partial charge in [0.1, 0.15) is 0 Å². The Balaban J connectivity index is 2.46. The maximum atomic E-state index is 11.9. The van der Waals surface area contributed by atoms with Gasteiger partial charge in [-0.1, -0.05) is 0 Å². The molecule has 0 radical (unpaired) electrons. The highest BCUT2D eigenvalue weighted by Gasteiger charge is 2.30. The van der Waals surface area contributed by atoms with E-state index >= 15 is 0 Å². The molecule has 8 nitrogen and oxygen atoms in total. The third-order valence-electron chi connectivity index (χ3n) is 3.26. The van der Waals surface area contributed by atoms with Crippen LogP contribution in [0.15, 0.2) is 0 Å². The predicted molar refractivity (Wildman–Crippen MR) is 72.8 cm³/mol. The van der Waals surface area contributed by atoms with Gasteiger partial charge < -0.3 is 15.3 Å². The minimum Gasteiger partial charge on any atom is -0.481 e. The number of hydrogen-bond donors (Lipinski definition) is 2. The summed E-state index contributed by atoms with van der Waals surface area (Å²) in [6.07, 6.45) is 1.14. The fraction of sp³-hybridized carbons (Fsp3) is 0.818. The summed E-state index contributed by atoms with van der Waals surface area (Å²) in [4.78, 5) is 24.3. The molecule has 2 amide bonds. The van der Waals surface area contributed by atoms with Gasteiger partial charge >= 0.3 is 12.0 Å². The number of aliphatic carboxylic acids is 1. The highest BCUT2D eigenvalue weighted by Crippen LogP contribution is 2.13. The van der Waals surface area contributed by atoms with Crippen molar-refractivity contribution in [2.45, 2.75) is 13.8 Å². The molecule has 116 valence electrons. The zero-order valence-electron chi connectivity index (χ0n) is 11.9. The molecule has 1 heterocycles. The largest absolute Gasteiger partial charge is 0.481 e. The summed E-state index contributed by atoms with van der Waals surface area (Å²) < 4.78 is 24.0. The maximum Gasteiger partial charge on any atom is 0.317 e. The molecule has 0 spiro atoms. The van der Waals surface area contributed by atoms with Crippen molar-refractivity contribution in [3.63, 3.8) is 0 Å². The van der Waals surface area contributed by atoms with Crippen LogP contribution < -0.4 is 5.32 Å². The Morgan fingerprint density at radius 1 is 1.20 bits per heavy atom. The highest BCUT2D eigenvalue weighted by molar-refractivity contribution is 7.88. The van der Waals surface area contributed by atoms with E-state index in [2.05, 4.69) is 5.32 Å². The van der Waals surface area contributed by atoms with E-state index in [1.807, 2.05) is 0 Å². The summed E-state index contributed by atoms with van der Waals surface area (Å²) in [5, 5.41) is 11.5. The number of carbonyl (C=O) groups excluding carboxylic acids is 1. The zero-order chi connectivity index (χ0) is 15.6. The lowest BCUT2D eigenvalue weighted by Gasteiger charge is -2.33. The Morgan fingerprint density at radius 2 is 1.70 bits per heavy atom. The molecular formula is C11H21N3O5S. The number of rotatable bonds is 4. The van der Waals surface area contributed by atoms with E-state index in [-0.39, 0.29) is 25.7 Å². The summed E-state index contributed by atoms with van der Waals surface area (Å²) in [6, 6.07) is -0.368. The Labute approximate surface area is 118 Å². The molecule has 0 aliphatic carbocycles. The number of carboxylic acids is 1. The molecule has 0 aromatic rings. The van der Waals surface area contributed by atoms with Crippen LogP contribution in [0.2, 0.25) is 0 Å². The van der Waals surface area contributed by atoms with Gasteiger partial charge in [-0.15, -0.1) is 0 Å². The molecule has 0 bridgehead atoms. The van der Waals surface area contributed by atoms with E-state index in [9.17, 15) is 18.0 Å². The second-order valence-electron chi connectivity index (χ2n) is 5.50. The van der Waals surface area contributed by atoms with Gasteiger partial charge in [0, 0.05) is 32.7 Å². The molecule has 1 aliphatic rings. The van der Waals surface area contributed by atoms with Crippen molar-refractivity contribution in [2.24, 2.45) is 5.41 Å². The van der Waals surface area contributed by atoms with Crippen molar-refractivity contribution in [1.82, 2.24) is 14.5 Å². The molecule has 0 aromatic heterocycles. The van der Waals surface area contributed by atoms with Gasteiger partial charge in [0.25, 0.3) is 0 Å². The van der Waals surface area contributed by atoms with E-state index in [1.54, 1.807) is 0 Å². The van der Waals surface area contributed by atoms with Gasteiger partial charge in [0.15, 0.2) is 0 Å². The van der Waals surface area contributed by atoms with Crippen LogP contribution in [0.3, 0.4) is 0 Å². The molecule has 20 heavy (non-hydrogen) atoms. The zero-order valence-corrected chi connectivity index (χ0v) is 12.7. The topological polar surface area (TPSA) is 107 Å². The van der Waals surface area contributed by atoms with Crippen LogP contribution in [-0.4, -0.2) is 73.7 Å². The van der Waals surface area contributed by atoms with E-state index < -0.39 is 21.4 Å². The molecule has 2 N–H and O–H groups in total. The first-order chi connectivity index (χ1) is 9.04. The smallest absolute Gasteiger partial charge is 0.317 e. The van der Waals surface area contributed by atoms with Crippen LogP contribution >= 0.6 is 0 Å². The van der Waals surface area contributed by atoms with E-state index in [0.29, 0.717) is 13.1 Å². The molecule has 1 saturated heterocycles. The standard InChI is InChI=1S/C11H21N3O5S/c1-11(2,9(15)16)8-12-10(17)13-4-6-14(7-5-13)20(3,18)19/h4-8H2,1-3H3,(H,12,17)(H,15,16). The number of amides is 2. The summed E-state index contributed by atoms with van der Waals surface area (Å²) in [6.45, 7) is 4.18. The maximum absolute atomic E-state index is 11.9.